The maximum absolute atomic E-state index is 12.1. The van der Waals surface area contributed by atoms with Crippen molar-refractivity contribution in [2.45, 2.75) is 16.7 Å². The van der Waals surface area contributed by atoms with Gasteiger partial charge in [0.15, 0.2) is 5.69 Å². The molecule has 2 aromatic carbocycles. The minimum absolute atomic E-state index is 0.181. The van der Waals surface area contributed by atoms with Crippen LogP contribution < -0.4 is 4.74 Å². The van der Waals surface area contributed by atoms with Gasteiger partial charge in [0, 0.05) is 15.4 Å². The van der Waals surface area contributed by atoms with Gasteiger partial charge in [0.25, 0.3) is 0 Å². The lowest BCUT2D eigenvalue weighted by atomic mass is 10.1. The summed E-state index contributed by atoms with van der Waals surface area (Å²) >= 11 is 1.56. The van der Waals surface area contributed by atoms with E-state index in [1.54, 1.807) is 25.8 Å². The molecule has 0 radical (unpaired) electrons. The number of carbonyl (C=O) groups excluding carboxylic acids is 1. The third kappa shape index (κ3) is 3.83. The molecule has 3 rings (SSSR count). The summed E-state index contributed by atoms with van der Waals surface area (Å²) in [4.78, 5) is 14.1. The maximum Gasteiger partial charge on any atom is 0.361 e. The first-order valence-electron chi connectivity index (χ1n) is 7.72. The van der Waals surface area contributed by atoms with E-state index in [2.05, 4.69) is 15.4 Å². The van der Waals surface area contributed by atoms with E-state index in [4.69, 9.17) is 9.47 Å². The summed E-state index contributed by atoms with van der Waals surface area (Å²) in [5.41, 5.74) is 1.47. The molecule has 1 aromatic heterocycles. The summed E-state index contributed by atoms with van der Waals surface area (Å²) in [5.74, 6) is 0.295. The van der Waals surface area contributed by atoms with Crippen molar-refractivity contribution in [3.8, 4) is 17.0 Å². The highest BCUT2D eigenvalue weighted by Crippen LogP contribution is 2.37. The number of aromatic amines is 1. The number of nitrogens with one attached hydrogen (secondary N) is 1. The van der Waals surface area contributed by atoms with E-state index in [0.29, 0.717) is 5.69 Å². The fraction of sp³-hybridized carbons (Fsp3) is 0.167. The van der Waals surface area contributed by atoms with Crippen LogP contribution in [-0.4, -0.2) is 35.1 Å². The SMILES string of the molecule is CCOC(=O)c1n[nH]nc1-c1ccccc1Sc1cccc(OC)c1. The fourth-order valence-electron chi connectivity index (χ4n) is 2.30. The Kier molecular flexibility index (Phi) is 5.35. The molecular formula is C18H17N3O3S. The molecule has 7 heteroatoms. The van der Waals surface area contributed by atoms with E-state index in [9.17, 15) is 4.79 Å². The predicted octanol–water partition coefficient (Wildman–Crippen LogP) is 3.81. The Labute approximate surface area is 149 Å². The van der Waals surface area contributed by atoms with Crippen LogP contribution in [0.15, 0.2) is 58.3 Å². The van der Waals surface area contributed by atoms with Gasteiger partial charge in [0.2, 0.25) is 0 Å². The zero-order valence-corrected chi connectivity index (χ0v) is 14.7. The number of H-pyrrole nitrogens is 1. The number of benzene rings is 2. The molecule has 0 bridgehead atoms. The highest BCUT2D eigenvalue weighted by Gasteiger charge is 2.21. The molecule has 0 fully saturated rings. The Morgan fingerprint density at radius 1 is 1.16 bits per heavy atom. The number of hydrogen-bond donors (Lipinski definition) is 1. The lowest BCUT2D eigenvalue weighted by Gasteiger charge is -2.09. The van der Waals surface area contributed by atoms with Gasteiger partial charge in [-0.25, -0.2) is 4.79 Å². The number of nitrogens with zero attached hydrogens (tertiary/aromatic N) is 2. The molecular weight excluding hydrogens is 338 g/mol. The number of aromatic nitrogens is 3. The molecule has 1 heterocycles. The van der Waals surface area contributed by atoms with Gasteiger partial charge in [0.05, 0.1) is 13.7 Å². The lowest BCUT2D eigenvalue weighted by Crippen LogP contribution is -2.07. The lowest BCUT2D eigenvalue weighted by molar-refractivity contribution is 0.0520. The van der Waals surface area contributed by atoms with E-state index in [1.165, 1.54) is 0 Å². The average molecular weight is 355 g/mol. The number of methoxy groups -OCH3 is 1. The number of rotatable bonds is 6. The van der Waals surface area contributed by atoms with Crippen LogP contribution in [-0.2, 0) is 4.74 Å². The topological polar surface area (TPSA) is 77.1 Å². The Balaban J connectivity index is 1.97. The van der Waals surface area contributed by atoms with Crippen LogP contribution in [0.5, 0.6) is 5.75 Å². The summed E-state index contributed by atoms with van der Waals surface area (Å²) < 4.78 is 10.3. The zero-order valence-electron chi connectivity index (χ0n) is 13.9. The second kappa shape index (κ2) is 7.85. The quantitative estimate of drug-likeness (QED) is 0.678. The van der Waals surface area contributed by atoms with Crippen molar-refractivity contribution >= 4 is 17.7 Å². The molecule has 25 heavy (non-hydrogen) atoms. The number of hydrogen-bond acceptors (Lipinski definition) is 6. The Hall–Kier alpha value is -2.80. The predicted molar refractivity (Wildman–Crippen MR) is 94.9 cm³/mol. The van der Waals surface area contributed by atoms with Gasteiger partial charge >= 0.3 is 5.97 Å². The fourth-order valence-corrected chi connectivity index (χ4v) is 3.30. The summed E-state index contributed by atoms with van der Waals surface area (Å²) in [6.45, 7) is 2.04. The largest absolute Gasteiger partial charge is 0.497 e. The van der Waals surface area contributed by atoms with Crippen LogP contribution in [0.25, 0.3) is 11.3 Å². The van der Waals surface area contributed by atoms with Gasteiger partial charge in [-0.15, -0.1) is 5.10 Å². The van der Waals surface area contributed by atoms with E-state index >= 15 is 0 Å². The van der Waals surface area contributed by atoms with Crippen molar-refractivity contribution in [1.29, 1.82) is 0 Å². The zero-order chi connectivity index (χ0) is 17.6. The highest BCUT2D eigenvalue weighted by atomic mass is 32.2. The smallest absolute Gasteiger partial charge is 0.361 e. The molecule has 0 saturated heterocycles. The van der Waals surface area contributed by atoms with Gasteiger partial charge in [-0.2, -0.15) is 10.3 Å². The van der Waals surface area contributed by atoms with Gasteiger partial charge in [-0.05, 0) is 31.2 Å². The van der Waals surface area contributed by atoms with Crippen LogP contribution in [0.2, 0.25) is 0 Å². The van der Waals surface area contributed by atoms with Crippen LogP contribution in [0.4, 0.5) is 0 Å². The third-order valence-electron chi connectivity index (χ3n) is 3.43. The molecule has 0 spiro atoms. The Morgan fingerprint density at radius 2 is 2.00 bits per heavy atom. The second-order valence-corrected chi connectivity index (χ2v) is 6.13. The molecule has 0 saturated carbocycles. The first-order chi connectivity index (χ1) is 12.2. The van der Waals surface area contributed by atoms with E-state index in [0.717, 1.165) is 21.1 Å². The van der Waals surface area contributed by atoms with Crippen LogP contribution >= 0.6 is 11.8 Å². The van der Waals surface area contributed by atoms with Crippen LogP contribution in [0.1, 0.15) is 17.4 Å². The molecule has 0 aliphatic carbocycles. The number of ether oxygens (including phenoxy) is 2. The Bertz CT molecular complexity index is 879. The second-order valence-electron chi connectivity index (χ2n) is 5.02. The van der Waals surface area contributed by atoms with E-state index < -0.39 is 5.97 Å². The summed E-state index contributed by atoms with van der Waals surface area (Å²) in [6, 6.07) is 15.5. The van der Waals surface area contributed by atoms with Crippen molar-refractivity contribution in [2.75, 3.05) is 13.7 Å². The van der Waals surface area contributed by atoms with Crippen molar-refractivity contribution in [1.82, 2.24) is 15.4 Å². The third-order valence-corrected chi connectivity index (χ3v) is 4.49. The average Bonchev–Trinajstić information content (AvgIpc) is 3.12. The van der Waals surface area contributed by atoms with Crippen LogP contribution in [0.3, 0.4) is 0 Å². The Morgan fingerprint density at radius 3 is 2.80 bits per heavy atom. The molecule has 0 amide bonds. The van der Waals surface area contributed by atoms with Gasteiger partial charge < -0.3 is 9.47 Å². The van der Waals surface area contributed by atoms with E-state index in [-0.39, 0.29) is 12.3 Å². The van der Waals surface area contributed by atoms with Gasteiger partial charge in [-0.3, -0.25) is 0 Å². The minimum Gasteiger partial charge on any atom is -0.497 e. The number of esters is 1. The van der Waals surface area contributed by atoms with Gasteiger partial charge in [0.1, 0.15) is 11.4 Å². The monoisotopic (exact) mass is 355 g/mol. The normalized spacial score (nSPS) is 10.5. The first-order valence-corrected chi connectivity index (χ1v) is 8.53. The summed E-state index contributed by atoms with van der Waals surface area (Å²) in [6.07, 6.45) is 0. The number of carbonyl (C=O) groups is 1. The molecule has 3 aromatic rings. The highest BCUT2D eigenvalue weighted by molar-refractivity contribution is 7.99. The molecule has 1 N–H and O–H groups in total. The first kappa shape index (κ1) is 17.0. The van der Waals surface area contributed by atoms with Crippen molar-refractivity contribution in [2.24, 2.45) is 0 Å². The molecule has 6 nitrogen and oxygen atoms in total. The van der Waals surface area contributed by atoms with E-state index in [1.807, 2.05) is 48.5 Å². The molecule has 0 aliphatic rings. The minimum atomic E-state index is -0.493. The molecule has 0 aliphatic heterocycles. The van der Waals surface area contributed by atoms with Crippen molar-refractivity contribution < 1.29 is 14.3 Å². The van der Waals surface area contributed by atoms with Crippen molar-refractivity contribution in [3.63, 3.8) is 0 Å². The van der Waals surface area contributed by atoms with Crippen LogP contribution in [0, 0.1) is 0 Å². The van der Waals surface area contributed by atoms with Crippen molar-refractivity contribution in [3.05, 3.63) is 54.2 Å². The van der Waals surface area contributed by atoms with Gasteiger partial charge in [-0.1, -0.05) is 36.0 Å². The standard InChI is InChI=1S/C18H17N3O3S/c1-3-24-18(22)17-16(19-21-20-17)14-9-4-5-10-15(14)25-13-8-6-7-12(11-13)23-2/h4-11H,3H2,1-2H3,(H,19,20,21). The summed E-state index contributed by atoms with van der Waals surface area (Å²) in [7, 11) is 1.64. The summed E-state index contributed by atoms with van der Waals surface area (Å²) in [5, 5.41) is 10.6. The molecule has 0 atom stereocenters. The molecule has 128 valence electrons. The maximum atomic E-state index is 12.1. The molecule has 0 unspecified atom stereocenters.